The van der Waals surface area contributed by atoms with E-state index in [1.165, 1.54) is 0 Å². The van der Waals surface area contributed by atoms with Crippen molar-refractivity contribution in [2.75, 3.05) is 48.9 Å². The zero-order chi connectivity index (χ0) is 25.9. The number of ether oxygens (including phenoxy) is 1. The zero-order valence-corrected chi connectivity index (χ0v) is 20.8. The molecule has 1 aliphatic rings. The van der Waals surface area contributed by atoms with Crippen LogP contribution in [0.1, 0.15) is 35.8 Å². The number of nitrogen functional groups attached to an aromatic ring is 1. The Kier molecular flexibility index (Phi) is 6.93. The molecule has 0 amide bonds. The summed E-state index contributed by atoms with van der Waals surface area (Å²) >= 11 is 0. The number of rotatable bonds is 8. The summed E-state index contributed by atoms with van der Waals surface area (Å²) in [4.78, 5) is 36.8. The van der Waals surface area contributed by atoms with Crippen LogP contribution in [0.5, 0.6) is 0 Å². The number of carbonyl (C=O) groups is 1. The maximum Gasteiger partial charge on any atom is 0.228 e. The Morgan fingerprint density at radius 2 is 1.81 bits per heavy atom. The van der Waals surface area contributed by atoms with Gasteiger partial charge in [-0.3, -0.25) is 9.36 Å². The van der Waals surface area contributed by atoms with Crippen molar-refractivity contribution in [1.82, 2.24) is 29.5 Å². The number of nitrogens with zero attached hydrogens (tertiary/aromatic N) is 7. The van der Waals surface area contributed by atoms with E-state index in [-0.39, 0.29) is 17.8 Å². The molecule has 1 aromatic carbocycles. The molecule has 0 spiro atoms. The first-order valence-corrected chi connectivity index (χ1v) is 12.1. The van der Waals surface area contributed by atoms with Crippen LogP contribution in [0.2, 0.25) is 0 Å². The molecule has 0 saturated carbocycles. The van der Waals surface area contributed by atoms with Gasteiger partial charge in [0.2, 0.25) is 17.8 Å². The summed E-state index contributed by atoms with van der Waals surface area (Å²) in [6, 6.07) is 7.18. The van der Waals surface area contributed by atoms with Crippen molar-refractivity contribution in [3.63, 3.8) is 0 Å². The molecule has 12 nitrogen and oxygen atoms in total. The molecule has 1 saturated heterocycles. The van der Waals surface area contributed by atoms with E-state index >= 15 is 0 Å². The molecule has 4 aromatic rings. The molecule has 12 heteroatoms. The van der Waals surface area contributed by atoms with Crippen molar-refractivity contribution in [2.45, 2.75) is 26.4 Å². The third-order valence-corrected chi connectivity index (χ3v) is 6.15. The van der Waals surface area contributed by atoms with Crippen molar-refractivity contribution in [3.8, 4) is 11.3 Å². The van der Waals surface area contributed by atoms with Crippen molar-refractivity contribution in [3.05, 3.63) is 47.8 Å². The number of aliphatic hydroxyl groups is 1. The van der Waals surface area contributed by atoms with Gasteiger partial charge in [-0.25, -0.2) is 19.9 Å². The van der Waals surface area contributed by atoms with E-state index in [4.69, 9.17) is 30.5 Å². The number of morpholine rings is 1. The molecule has 37 heavy (non-hydrogen) atoms. The Morgan fingerprint density at radius 3 is 2.46 bits per heavy atom. The van der Waals surface area contributed by atoms with Gasteiger partial charge in [0.05, 0.1) is 13.2 Å². The van der Waals surface area contributed by atoms with Gasteiger partial charge in [0.1, 0.15) is 17.8 Å². The van der Waals surface area contributed by atoms with Gasteiger partial charge in [0, 0.05) is 49.2 Å². The number of carbonyl (C=O) groups excluding carboxylic acids is 1. The highest BCUT2D eigenvalue weighted by Gasteiger charge is 2.24. The number of anilines is 3. The van der Waals surface area contributed by atoms with Gasteiger partial charge in [-0.1, -0.05) is 24.3 Å². The molecule has 0 atom stereocenters. The number of nitrogens with one attached hydrogen (secondary N) is 1. The van der Waals surface area contributed by atoms with Gasteiger partial charge in [0.15, 0.2) is 11.4 Å². The second kappa shape index (κ2) is 10.4. The van der Waals surface area contributed by atoms with Gasteiger partial charge >= 0.3 is 0 Å². The van der Waals surface area contributed by atoms with Crippen LogP contribution in [0.4, 0.5) is 17.8 Å². The third-order valence-electron chi connectivity index (χ3n) is 6.15. The van der Waals surface area contributed by atoms with Crippen molar-refractivity contribution < 1.29 is 14.6 Å². The van der Waals surface area contributed by atoms with Gasteiger partial charge in [-0.2, -0.15) is 4.98 Å². The molecule has 1 fully saturated rings. The lowest BCUT2D eigenvalue weighted by Gasteiger charge is -2.27. The molecule has 0 radical (unpaired) electrons. The molecule has 192 valence electrons. The van der Waals surface area contributed by atoms with Crippen molar-refractivity contribution in [1.29, 1.82) is 0 Å². The molecule has 0 bridgehead atoms. The second-order valence-corrected chi connectivity index (χ2v) is 9.00. The number of benzene rings is 1. The largest absolute Gasteiger partial charge is 0.388 e. The highest BCUT2D eigenvalue weighted by Crippen LogP contribution is 2.32. The van der Waals surface area contributed by atoms with Crippen LogP contribution < -0.4 is 16.0 Å². The smallest absolute Gasteiger partial charge is 0.228 e. The van der Waals surface area contributed by atoms with Crippen LogP contribution in [0.3, 0.4) is 0 Å². The maximum atomic E-state index is 11.7. The number of aliphatic hydroxyl groups excluding tert-OH is 1. The minimum Gasteiger partial charge on any atom is -0.388 e. The first kappa shape index (κ1) is 24.5. The Balaban J connectivity index is 1.56. The van der Waals surface area contributed by atoms with Crippen LogP contribution in [0.15, 0.2) is 36.7 Å². The summed E-state index contributed by atoms with van der Waals surface area (Å²) in [6.07, 6.45) is 3.29. The molecular weight excluding hydrogens is 474 g/mol. The van der Waals surface area contributed by atoms with E-state index in [2.05, 4.69) is 34.0 Å². The van der Waals surface area contributed by atoms with E-state index in [9.17, 15) is 4.79 Å². The summed E-state index contributed by atoms with van der Waals surface area (Å²) in [7, 11) is 0. The van der Waals surface area contributed by atoms with E-state index in [1.54, 1.807) is 24.5 Å². The third kappa shape index (κ3) is 5.06. The summed E-state index contributed by atoms with van der Waals surface area (Å²) in [5, 5.41) is 12.5. The molecule has 0 aliphatic carbocycles. The number of Topliss-reactive ketones (excluding diaryl/α,β-unsaturated/α-hetero) is 1. The normalized spacial score (nSPS) is 13.9. The van der Waals surface area contributed by atoms with Crippen LogP contribution in [0, 0.1) is 0 Å². The number of fused-ring (bicyclic) bond motifs is 1. The molecular formula is C25H29N9O3. The Bertz CT molecular complexity index is 1400. The van der Waals surface area contributed by atoms with Crippen LogP contribution >= 0.6 is 0 Å². The number of hydrogen-bond acceptors (Lipinski definition) is 11. The van der Waals surface area contributed by atoms with Gasteiger partial charge in [-0.05, 0) is 19.4 Å². The Morgan fingerprint density at radius 1 is 1.11 bits per heavy atom. The fourth-order valence-electron chi connectivity index (χ4n) is 4.22. The van der Waals surface area contributed by atoms with E-state index < -0.39 is 6.61 Å². The number of aromatic nitrogens is 6. The van der Waals surface area contributed by atoms with Crippen LogP contribution in [-0.2, 0) is 11.3 Å². The quantitative estimate of drug-likeness (QED) is 0.302. The first-order chi connectivity index (χ1) is 17.9. The summed E-state index contributed by atoms with van der Waals surface area (Å²) in [5.41, 5.74) is 9.81. The molecule has 4 heterocycles. The standard InChI is InChI=1S/C25H29N9O3/c1-15(2)34-22-21(31-24(34)29-11-16-3-5-17(6-4-16)19(36)14-35)20(18-12-27-23(26)28-13-18)30-25(32-22)33-7-9-37-10-8-33/h3-6,12-13,15,35H,7-11,14H2,1-2H3,(H,29,31)(H2,26,27,28). The fourth-order valence-corrected chi connectivity index (χ4v) is 4.22. The minimum absolute atomic E-state index is 0.0556. The number of ketones is 1. The average molecular weight is 504 g/mol. The zero-order valence-electron chi connectivity index (χ0n) is 20.8. The monoisotopic (exact) mass is 503 g/mol. The molecule has 0 unspecified atom stereocenters. The first-order valence-electron chi connectivity index (χ1n) is 12.1. The summed E-state index contributed by atoms with van der Waals surface area (Å²) in [6.45, 7) is 6.73. The SMILES string of the molecule is CC(C)n1c(NCc2ccc(C(=O)CO)cc2)nc2c(-c3cnc(N)nc3)nc(N3CCOCC3)nc21. The average Bonchev–Trinajstić information content (AvgIpc) is 3.31. The lowest BCUT2D eigenvalue weighted by atomic mass is 10.1. The number of nitrogens with two attached hydrogens (primary N) is 1. The topological polar surface area (TPSA) is 157 Å². The Labute approximate surface area is 213 Å². The van der Waals surface area contributed by atoms with E-state index in [1.807, 2.05) is 16.7 Å². The summed E-state index contributed by atoms with van der Waals surface area (Å²) in [5.74, 6) is 1.12. The van der Waals surface area contributed by atoms with Gasteiger partial charge in [-0.15, -0.1) is 0 Å². The highest BCUT2D eigenvalue weighted by molar-refractivity contribution is 5.96. The Hall–Kier alpha value is -4.16. The molecule has 1 aliphatic heterocycles. The maximum absolute atomic E-state index is 11.7. The van der Waals surface area contributed by atoms with E-state index in [0.717, 1.165) is 5.56 Å². The molecule has 5 rings (SSSR count). The summed E-state index contributed by atoms with van der Waals surface area (Å²) < 4.78 is 7.56. The van der Waals surface area contributed by atoms with Crippen molar-refractivity contribution >= 4 is 34.8 Å². The van der Waals surface area contributed by atoms with Crippen molar-refractivity contribution in [2.24, 2.45) is 0 Å². The number of hydrogen-bond donors (Lipinski definition) is 3. The van der Waals surface area contributed by atoms with E-state index in [0.29, 0.717) is 72.7 Å². The van der Waals surface area contributed by atoms with Crippen LogP contribution in [0.25, 0.3) is 22.4 Å². The fraction of sp³-hybridized carbons (Fsp3) is 0.360. The lowest BCUT2D eigenvalue weighted by Crippen LogP contribution is -2.37. The van der Waals surface area contributed by atoms with Gasteiger partial charge < -0.3 is 25.8 Å². The van der Waals surface area contributed by atoms with Gasteiger partial charge in [0.25, 0.3) is 0 Å². The molecule has 3 aromatic heterocycles. The minimum atomic E-state index is -0.509. The predicted octanol–water partition coefficient (Wildman–Crippen LogP) is 2.07. The highest BCUT2D eigenvalue weighted by atomic mass is 16.5. The lowest BCUT2D eigenvalue weighted by molar-refractivity contribution is 0.0903. The number of imidazole rings is 1. The second-order valence-electron chi connectivity index (χ2n) is 9.00. The predicted molar refractivity (Wildman–Crippen MR) is 139 cm³/mol. The molecule has 4 N–H and O–H groups in total. The van der Waals surface area contributed by atoms with Crippen LogP contribution in [-0.4, -0.2) is 73.3 Å².